The third-order valence-electron chi connectivity index (χ3n) is 4.08. The maximum Gasteiger partial charge on any atom is 0.292 e. The summed E-state index contributed by atoms with van der Waals surface area (Å²) < 4.78 is 0. The smallest absolute Gasteiger partial charge is 0.292 e. The second-order valence-corrected chi connectivity index (χ2v) is 6.57. The summed E-state index contributed by atoms with van der Waals surface area (Å²) in [6.07, 6.45) is 0.932. The van der Waals surface area contributed by atoms with Gasteiger partial charge in [-0.1, -0.05) is 47.5 Å². The fourth-order valence-electron chi connectivity index (χ4n) is 2.85. The normalized spacial score (nSPS) is 17.6. The Kier molecular flexibility index (Phi) is 5.19. The van der Waals surface area contributed by atoms with Crippen molar-refractivity contribution in [1.29, 1.82) is 0 Å². The molecule has 0 saturated carbocycles. The fourth-order valence-corrected chi connectivity index (χ4v) is 3.36. The summed E-state index contributed by atoms with van der Waals surface area (Å²) in [5, 5.41) is 3.13. The molecule has 0 spiro atoms. The van der Waals surface area contributed by atoms with E-state index in [4.69, 9.17) is 23.2 Å². The number of halogens is 2. The summed E-state index contributed by atoms with van der Waals surface area (Å²) >= 11 is 12.0. The lowest BCUT2D eigenvalue weighted by molar-refractivity contribution is -0.674. The highest BCUT2D eigenvalue weighted by molar-refractivity contribution is 6.35. The third kappa shape index (κ3) is 3.61. The quantitative estimate of drug-likeness (QED) is 0.829. The van der Waals surface area contributed by atoms with Crippen LogP contribution in [0.25, 0.3) is 0 Å². The van der Waals surface area contributed by atoms with E-state index in [9.17, 15) is 9.59 Å². The number of hydrogen-bond acceptors (Lipinski definition) is 2. The Bertz CT molecular complexity index is 765. The summed E-state index contributed by atoms with van der Waals surface area (Å²) in [4.78, 5) is 25.9. The van der Waals surface area contributed by atoms with Crippen LogP contribution >= 0.6 is 23.2 Å². The molecule has 6 heteroatoms. The van der Waals surface area contributed by atoms with Gasteiger partial charge >= 0.3 is 0 Å². The van der Waals surface area contributed by atoms with Crippen molar-refractivity contribution >= 4 is 40.7 Å². The highest BCUT2D eigenvalue weighted by Gasteiger charge is 2.41. The van der Waals surface area contributed by atoms with Crippen molar-refractivity contribution in [3.05, 3.63) is 64.1 Å². The molecule has 0 radical (unpaired) electrons. The molecule has 4 nitrogen and oxygen atoms in total. The molecule has 2 amide bonds. The van der Waals surface area contributed by atoms with Gasteiger partial charge in [-0.3, -0.25) is 9.59 Å². The maximum atomic E-state index is 12.5. The van der Waals surface area contributed by atoms with Crippen LogP contribution in [0.2, 0.25) is 10.0 Å². The number of para-hydroxylation sites is 1. The lowest BCUT2D eigenvalue weighted by Crippen LogP contribution is -2.92. The molecule has 0 aromatic heterocycles. The largest absolute Gasteiger partial charge is 0.335 e. The van der Waals surface area contributed by atoms with Crippen LogP contribution in [0.1, 0.15) is 12.0 Å². The number of benzene rings is 2. The molecule has 1 aliphatic rings. The monoisotopic (exact) mass is 363 g/mol. The first-order valence-electron chi connectivity index (χ1n) is 7.75. The molecule has 1 aliphatic heterocycles. The summed E-state index contributed by atoms with van der Waals surface area (Å²) in [5.74, 6) is -0.314. The fraction of sp³-hybridized carbons (Fsp3) is 0.222. The molecule has 24 heavy (non-hydrogen) atoms. The van der Waals surface area contributed by atoms with Gasteiger partial charge in [0.05, 0.1) is 18.7 Å². The molecule has 1 atom stereocenters. The van der Waals surface area contributed by atoms with E-state index < -0.39 is 0 Å². The van der Waals surface area contributed by atoms with Crippen LogP contribution < -0.4 is 10.2 Å². The van der Waals surface area contributed by atoms with Crippen LogP contribution in [0, 0.1) is 0 Å². The Morgan fingerprint density at radius 1 is 1.08 bits per heavy atom. The van der Waals surface area contributed by atoms with E-state index in [1.54, 1.807) is 24.3 Å². The van der Waals surface area contributed by atoms with Crippen LogP contribution in [0.4, 0.5) is 5.69 Å². The van der Waals surface area contributed by atoms with E-state index in [2.05, 4.69) is 0 Å². The number of quaternary nitrogens is 1. The van der Waals surface area contributed by atoms with E-state index in [-0.39, 0.29) is 24.3 Å². The molecule has 0 aliphatic carbocycles. The third-order valence-corrected chi connectivity index (χ3v) is 4.66. The topological polar surface area (TPSA) is 54.0 Å². The minimum Gasteiger partial charge on any atom is -0.335 e. The average Bonchev–Trinajstić information content (AvgIpc) is 2.84. The Morgan fingerprint density at radius 3 is 2.54 bits per heavy atom. The Hall–Kier alpha value is -1.88. The van der Waals surface area contributed by atoms with Gasteiger partial charge in [0.25, 0.3) is 5.91 Å². The van der Waals surface area contributed by atoms with Gasteiger partial charge in [-0.2, -0.15) is 0 Å². The Morgan fingerprint density at radius 2 is 1.83 bits per heavy atom. The van der Waals surface area contributed by atoms with E-state index >= 15 is 0 Å². The number of imide groups is 1. The van der Waals surface area contributed by atoms with Gasteiger partial charge in [0, 0.05) is 16.5 Å². The Balaban J connectivity index is 1.60. The first-order valence-corrected chi connectivity index (χ1v) is 8.51. The van der Waals surface area contributed by atoms with Crippen LogP contribution in [0.5, 0.6) is 0 Å². The number of carbonyl (C=O) groups excluding carboxylic acids is 2. The molecule has 1 fully saturated rings. The predicted molar refractivity (Wildman–Crippen MR) is 94.3 cm³/mol. The van der Waals surface area contributed by atoms with Gasteiger partial charge in [-0.15, -0.1) is 0 Å². The van der Waals surface area contributed by atoms with Gasteiger partial charge in [0.15, 0.2) is 6.04 Å². The number of carbonyl (C=O) groups is 2. The standard InChI is InChI=1S/C18H16Cl2N2O2/c19-13-7-6-12(15(20)10-13)8-9-21-16-11-17(23)22(18(16)24)14-4-2-1-3-5-14/h1-7,10,16,21H,8-9,11H2/p+1/t16-/m1/s1. The molecule has 124 valence electrons. The van der Waals surface area contributed by atoms with E-state index in [1.807, 2.05) is 29.6 Å². The van der Waals surface area contributed by atoms with Crippen LogP contribution in [-0.2, 0) is 16.0 Å². The zero-order chi connectivity index (χ0) is 17.1. The predicted octanol–water partition coefficient (Wildman–Crippen LogP) is 2.43. The van der Waals surface area contributed by atoms with Crippen LogP contribution in [0.3, 0.4) is 0 Å². The minimum atomic E-state index is -0.371. The summed E-state index contributed by atoms with van der Waals surface area (Å²) in [7, 11) is 0. The number of amides is 2. The van der Waals surface area contributed by atoms with Gasteiger partial charge in [0.2, 0.25) is 5.91 Å². The molecule has 3 rings (SSSR count). The van der Waals surface area contributed by atoms with Crippen molar-refractivity contribution < 1.29 is 14.9 Å². The summed E-state index contributed by atoms with van der Waals surface area (Å²) in [5.41, 5.74) is 1.61. The molecular weight excluding hydrogens is 347 g/mol. The van der Waals surface area contributed by atoms with Crippen molar-refractivity contribution in [2.45, 2.75) is 18.9 Å². The number of anilines is 1. The van der Waals surface area contributed by atoms with Gasteiger partial charge in [-0.05, 0) is 29.8 Å². The SMILES string of the molecule is O=C1C[C@@H]([NH2+]CCc2ccc(Cl)cc2Cl)C(=O)N1c1ccccc1. The number of nitrogens with two attached hydrogens (primary N) is 1. The van der Waals surface area contributed by atoms with Crippen molar-refractivity contribution in [1.82, 2.24) is 0 Å². The van der Waals surface area contributed by atoms with Crippen LogP contribution in [0.15, 0.2) is 48.5 Å². The second kappa shape index (κ2) is 7.34. The number of nitrogens with zero attached hydrogens (tertiary/aromatic N) is 1. The van der Waals surface area contributed by atoms with E-state index in [1.165, 1.54) is 4.90 Å². The highest BCUT2D eigenvalue weighted by atomic mass is 35.5. The van der Waals surface area contributed by atoms with E-state index in [0.29, 0.717) is 28.7 Å². The van der Waals surface area contributed by atoms with Crippen molar-refractivity contribution in [2.75, 3.05) is 11.4 Å². The molecule has 2 aromatic carbocycles. The molecule has 0 bridgehead atoms. The molecule has 2 aromatic rings. The molecule has 2 N–H and O–H groups in total. The first-order chi connectivity index (χ1) is 11.6. The molecule has 1 saturated heterocycles. The van der Waals surface area contributed by atoms with Gasteiger partial charge < -0.3 is 5.32 Å². The summed E-state index contributed by atoms with van der Waals surface area (Å²) in [6, 6.07) is 14.0. The molecular formula is C18H17Cl2N2O2+. The summed E-state index contributed by atoms with van der Waals surface area (Å²) in [6.45, 7) is 0.674. The van der Waals surface area contributed by atoms with Crippen LogP contribution in [-0.4, -0.2) is 24.4 Å². The van der Waals surface area contributed by atoms with Crippen molar-refractivity contribution in [3.8, 4) is 0 Å². The Labute approximate surface area is 150 Å². The zero-order valence-electron chi connectivity index (χ0n) is 12.9. The maximum absolute atomic E-state index is 12.5. The number of rotatable bonds is 5. The van der Waals surface area contributed by atoms with Gasteiger partial charge in [0.1, 0.15) is 0 Å². The lowest BCUT2D eigenvalue weighted by atomic mass is 10.1. The van der Waals surface area contributed by atoms with Crippen molar-refractivity contribution in [3.63, 3.8) is 0 Å². The zero-order valence-corrected chi connectivity index (χ0v) is 14.4. The van der Waals surface area contributed by atoms with Crippen molar-refractivity contribution in [2.24, 2.45) is 0 Å². The second-order valence-electron chi connectivity index (χ2n) is 5.72. The van der Waals surface area contributed by atoms with Gasteiger partial charge in [-0.25, -0.2) is 4.90 Å². The first kappa shape index (κ1) is 17.0. The molecule has 0 unspecified atom stereocenters. The average molecular weight is 364 g/mol. The lowest BCUT2D eigenvalue weighted by Gasteiger charge is -2.14. The number of hydrogen-bond donors (Lipinski definition) is 1. The minimum absolute atomic E-state index is 0.156. The van der Waals surface area contributed by atoms with E-state index in [0.717, 1.165) is 5.56 Å². The highest BCUT2D eigenvalue weighted by Crippen LogP contribution is 2.22. The molecule has 1 heterocycles.